The van der Waals surface area contributed by atoms with Gasteiger partial charge < -0.3 is 4.42 Å². The summed E-state index contributed by atoms with van der Waals surface area (Å²) >= 11 is 0. The summed E-state index contributed by atoms with van der Waals surface area (Å²) < 4.78 is 6.35. The second-order valence-corrected chi connectivity index (χ2v) is 9.28. The van der Waals surface area contributed by atoms with E-state index < -0.39 is 0 Å². The molecule has 0 aliphatic carbocycles. The maximum atomic E-state index is 6.35. The minimum Gasteiger partial charge on any atom is -0.437 e. The number of hydrogen-bond acceptors (Lipinski definition) is 3. The summed E-state index contributed by atoms with van der Waals surface area (Å²) in [5.41, 5.74) is 9.27. The molecule has 3 heteroatoms. The Hall–Kier alpha value is -3.46. The smallest absolute Gasteiger partial charge is 0.227 e. The molecule has 3 heterocycles. The summed E-state index contributed by atoms with van der Waals surface area (Å²) in [4.78, 5) is 9.56. The molecule has 0 unspecified atom stereocenters. The molecule has 3 nitrogen and oxygen atoms in total. The molecule has 31 heavy (non-hydrogen) atoms. The molecule has 0 atom stereocenters. The van der Waals surface area contributed by atoms with Gasteiger partial charge in [-0.2, -0.15) is 0 Å². The lowest BCUT2D eigenvalue weighted by Crippen LogP contribution is -2.11. The van der Waals surface area contributed by atoms with E-state index in [-0.39, 0.29) is 5.41 Å². The molecule has 0 saturated carbocycles. The molecule has 0 fully saturated rings. The van der Waals surface area contributed by atoms with Crippen molar-refractivity contribution in [2.45, 2.75) is 40.0 Å². The molecular weight excluding hydrogens is 380 g/mol. The van der Waals surface area contributed by atoms with E-state index in [0.717, 1.165) is 33.3 Å². The van der Waals surface area contributed by atoms with Gasteiger partial charge >= 0.3 is 0 Å². The van der Waals surface area contributed by atoms with Crippen LogP contribution in [-0.4, -0.2) is 9.97 Å². The molecule has 0 N–H and O–H groups in total. The number of hydrogen-bond donors (Lipinski definition) is 0. The average molecular weight is 407 g/mol. The van der Waals surface area contributed by atoms with Crippen LogP contribution in [0.4, 0.5) is 0 Å². The summed E-state index contributed by atoms with van der Waals surface area (Å²) in [5.74, 6) is 0. The Morgan fingerprint density at radius 2 is 1.52 bits per heavy atom. The van der Waals surface area contributed by atoms with Crippen LogP contribution in [0.3, 0.4) is 0 Å². The summed E-state index contributed by atoms with van der Waals surface area (Å²) in [6.45, 7) is 10.9. The standard InChI is InChI=1S/C28H26N2O/c1-17-8-6-9-18(2)25(17)23-13-12-21-20-10-7-11-22(26(20)31-27(21)30-23)24-16-19(14-15-29-24)28(3,4)5/h6-16H,1-5H3. The van der Waals surface area contributed by atoms with E-state index >= 15 is 0 Å². The molecule has 0 bridgehead atoms. The molecule has 0 spiro atoms. The van der Waals surface area contributed by atoms with Gasteiger partial charge in [-0.25, -0.2) is 4.98 Å². The van der Waals surface area contributed by atoms with Crippen LogP contribution in [0.2, 0.25) is 0 Å². The van der Waals surface area contributed by atoms with Crippen LogP contribution in [0.5, 0.6) is 0 Å². The molecule has 5 aromatic rings. The third kappa shape index (κ3) is 3.31. The second kappa shape index (κ2) is 7.05. The third-order valence-corrected chi connectivity index (χ3v) is 6.00. The van der Waals surface area contributed by atoms with Crippen LogP contribution < -0.4 is 0 Å². The van der Waals surface area contributed by atoms with Crippen molar-refractivity contribution in [3.05, 3.63) is 83.6 Å². The lowest BCUT2D eigenvalue weighted by molar-refractivity contribution is 0.589. The second-order valence-electron chi connectivity index (χ2n) is 9.28. The maximum absolute atomic E-state index is 6.35. The highest BCUT2D eigenvalue weighted by Gasteiger charge is 2.18. The molecule has 0 amide bonds. The number of aromatic nitrogens is 2. The summed E-state index contributed by atoms with van der Waals surface area (Å²) in [7, 11) is 0. The van der Waals surface area contributed by atoms with Gasteiger partial charge in [0.15, 0.2) is 0 Å². The number of rotatable bonds is 2. The average Bonchev–Trinajstić information content (AvgIpc) is 3.11. The molecule has 3 aromatic heterocycles. The van der Waals surface area contributed by atoms with Crippen LogP contribution in [0.1, 0.15) is 37.5 Å². The summed E-state index contributed by atoms with van der Waals surface area (Å²) in [5, 5.41) is 2.09. The molecule has 154 valence electrons. The number of pyridine rings is 2. The minimum atomic E-state index is 0.0569. The first kappa shape index (κ1) is 19.5. The Bertz CT molecular complexity index is 1420. The number of aryl methyl sites for hydroxylation is 2. The van der Waals surface area contributed by atoms with Crippen LogP contribution in [0.15, 0.2) is 71.3 Å². The van der Waals surface area contributed by atoms with Gasteiger partial charge in [0.2, 0.25) is 5.71 Å². The first-order valence-corrected chi connectivity index (χ1v) is 10.7. The van der Waals surface area contributed by atoms with Gasteiger partial charge in [0.25, 0.3) is 0 Å². The maximum Gasteiger partial charge on any atom is 0.227 e. The van der Waals surface area contributed by atoms with Crippen molar-refractivity contribution in [3.8, 4) is 22.5 Å². The Morgan fingerprint density at radius 1 is 0.774 bits per heavy atom. The quantitative estimate of drug-likeness (QED) is 0.302. The zero-order valence-electron chi connectivity index (χ0n) is 18.7. The van der Waals surface area contributed by atoms with E-state index in [9.17, 15) is 0 Å². The zero-order chi connectivity index (χ0) is 21.8. The topological polar surface area (TPSA) is 38.9 Å². The lowest BCUT2D eigenvalue weighted by Gasteiger charge is -2.19. The Labute approximate surface area is 182 Å². The van der Waals surface area contributed by atoms with E-state index in [4.69, 9.17) is 9.40 Å². The van der Waals surface area contributed by atoms with Crippen molar-refractivity contribution in [3.63, 3.8) is 0 Å². The molecule has 0 aliphatic rings. The zero-order valence-corrected chi connectivity index (χ0v) is 18.7. The number of benzene rings is 2. The van der Waals surface area contributed by atoms with Crippen molar-refractivity contribution in [2.24, 2.45) is 0 Å². The number of nitrogens with zero attached hydrogens (tertiary/aromatic N) is 2. The molecule has 0 aliphatic heterocycles. The highest BCUT2D eigenvalue weighted by atomic mass is 16.3. The van der Waals surface area contributed by atoms with E-state index in [1.165, 1.54) is 22.3 Å². The van der Waals surface area contributed by atoms with Crippen molar-refractivity contribution in [1.82, 2.24) is 9.97 Å². The first-order valence-electron chi connectivity index (χ1n) is 10.7. The first-order chi connectivity index (χ1) is 14.8. The fraction of sp³-hybridized carbons (Fsp3) is 0.214. The molecule has 5 rings (SSSR count). The summed E-state index contributed by atoms with van der Waals surface area (Å²) in [6, 6.07) is 21.0. The molecule has 2 aromatic carbocycles. The van der Waals surface area contributed by atoms with Crippen molar-refractivity contribution in [1.29, 1.82) is 0 Å². The van der Waals surface area contributed by atoms with Crippen LogP contribution in [0.25, 0.3) is 44.6 Å². The number of para-hydroxylation sites is 1. The number of furan rings is 1. The number of fused-ring (bicyclic) bond motifs is 3. The normalized spacial score (nSPS) is 12.0. The van der Waals surface area contributed by atoms with Gasteiger partial charge in [0, 0.05) is 28.1 Å². The highest BCUT2D eigenvalue weighted by Crippen LogP contribution is 2.37. The predicted molar refractivity (Wildman–Crippen MR) is 128 cm³/mol. The molecule has 0 saturated heterocycles. The largest absolute Gasteiger partial charge is 0.437 e. The van der Waals surface area contributed by atoms with Gasteiger partial charge in [0.1, 0.15) is 5.58 Å². The minimum absolute atomic E-state index is 0.0569. The van der Waals surface area contributed by atoms with Crippen LogP contribution in [0, 0.1) is 13.8 Å². The SMILES string of the molecule is Cc1cccc(C)c1-c1ccc2c(n1)oc1c(-c3cc(C(C)(C)C)ccn3)cccc12. The van der Waals surface area contributed by atoms with E-state index in [1.54, 1.807) is 0 Å². The van der Waals surface area contributed by atoms with Gasteiger partial charge in [0.05, 0.1) is 11.4 Å². The van der Waals surface area contributed by atoms with E-state index in [0.29, 0.717) is 5.71 Å². The molecular formula is C28H26N2O. The highest BCUT2D eigenvalue weighted by molar-refractivity contribution is 6.08. The monoisotopic (exact) mass is 406 g/mol. The van der Waals surface area contributed by atoms with Crippen LogP contribution in [-0.2, 0) is 5.41 Å². The fourth-order valence-electron chi connectivity index (χ4n) is 4.28. The van der Waals surface area contributed by atoms with Gasteiger partial charge in [-0.1, -0.05) is 51.1 Å². The van der Waals surface area contributed by atoms with Gasteiger partial charge in [-0.3, -0.25) is 4.98 Å². The Kier molecular flexibility index (Phi) is 4.44. The van der Waals surface area contributed by atoms with Crippen LogP contribution >= 0.6 is 0 Å². The van der Waals surface area contributed by atoms with Crippen molar-refractivity contribution < 1.29 is 4.42 Å². The third-order valence-electron chi connectivity index (χ3n) is 6.00. The Morgan fingerprint density at radius 3 is 2.26 bits per heavy atom. The summed E-state index contributed by atoms with van der Waals surface area (Å²) in [6.07, 6.45) is 1.88. The van der Waals surface area contributed by atoms with Crippen molar-refractivity contribution >= 4 is 22.1 Å². The Balaban J connectivity index is 1.71. The van der Waals surface area contributed by atoms with Crippen molar-refractivity contribution in [2.75, 3.05) is 0 Å². The predicted octanol–water partition coefficient (Wildman–Crippen LogP) is 7.62. The van der Waals surface area contributed by atoms with Gasteiger partial charge in [-0.15, -0.1) is 0 Å². The van der Waals surface area contributed by atoms with Gasteiger partial charge in [-0.05, 0) is 66.3 Å². The van der Waals surface area contributed by atoms with E-state index in [2.05, 4.69) is 100 Å². The van der Waals surface area contributed by atoms with E-state index in [1.807, 2.05) is 6.20 Å². The molecule has 0 radical (unpaired) electrons. The lowest BCUT2D eigenvalue weighted by atomic mass is 9.87. The fourth-order valence-corrected chi connectivity index (χ4v) is 4.28.